The molecule has 0 spiro atoms. The van der Waals surface area contributed by atoms with Crippen molar-refractivity contribution < 1.29 is 22.3 Å². The summed E-state index contributed by atoms with van der Waals surface area (Å²) < 4.78 is 48.5. The van der Waals surface area contributed by atoms with Gasteiger partial charge in [0.1, 0.15) is 28.0 Å². The molecule has 0 unspecified atom stereocenters. The molecule has 3 rings (SSSR count). The minimum atomic E-state index is -3.58. The molecule has 3 aromatic rings. The molecule has 13 heteroatoms. The molecule has 0 saturated carbocycles. The van der Waals surface area contributed by atoms with Gasteiger partial charge >= 0.3 is 0 Å². The van der Waals surface area contributed by atoms with Gasteiger partial charge in [-0.2, -0.15) is 0 Å². The second-order valence-corrected chi connectivity index (χ2v) is 11.0. The Labute approximate surface area is 219 Å². The van der Waals surface area contributed by atoms with Crippen LogP contribution in [0.2, 0.25) is 5.02 Å². The first-order chi connectivity index (χ1) is 16.4. The number of pyridine rings is 1. The second kappa shape index (κ2) is 10.4. The van der Waals surface area contributed by atoms with Gasteiger partial charge in [-0.05, 0) is 66.8 Å². The average Bonchev–Trinajstić information content (AvgIpc) is 2.79. The van der Waals surface area contributed by atoms with Crippen molar-refractivity contribution in [1.29, 1.82) is 0 Å². The third-order valence-corrected chi connectivity index (χ3v) is 7.36. The van der Waals surface area contributed by atoms with Crippen LogP contribution in [0, 0.1) is 16.3 Å². The van der Waals surface area contributed by atoms with E-state index in [0.717, 1.165) is 4.57 Å². The van der Waals surface area contributed by atoms with E-state index < -0.39 is 32.3 Å². The number of sulfonamides is 1. The maximum atomic E-state index is 14.5. The molecular formula is C22H21ClFIN4O5S. The maximum Gasteiger partial charge on any atom is 0.274 e. The number of anilines is 3. The highest BCUT2D eigenvalue weighted by atomic mass is 127. The van der Waals surface area contributed by atoms with Crippen molar-refractivity contribution >= 4 is 67.3 Å². The number of hydrogen-bond acceptors (Lipinski definition) is 6. The molecule has 0 aliphatic heterocycles. The lowest BCUT2D eigenvalue weighted by Gasteiger charge is -2.20. The van der Waals surface area contributed by atoms with E-state index in [-0.39, 0.29) is 40.0 Å². The Morgan fingerprint density at radius 2 is 1.94 bits per heavy atom. The Kier molecular flexibility index (Phi) is 7.97. The van der Waals surface area contributed by atoms with Gasteiger partial charge in [-0.15, -0.1) is 0 Å². The summed E-state index contributed by atoms with van der Waals surface area (Å²) in [7, 11) is -2.24. The fraction of sp³-hybridized carbons (Fsp3) is 0.182. The molecule has 0 fully saturated rings. The molecule has 186 valence electrons. The number of nitrogens with one attached hydrogen (secondary N) is 2. The normalized spacial score (nSPS) is 11.3. The Morgan fingerprint density at radius 3 is 2.54 bits per heavy atom. The largest absolute Gasteiger partial charge is 0.454 e. The van der Waals surface area contributed by atoms with Crippen LogP contribution in [-0.4, -0.2) is 24.6 Å². The summed E-state index contributed by atoms with van der Waals surface area (Å²) in [4.78, 5) is 25.4. The smallest absolute Gasteiger partial charge is 0.274 e. The van der Waals surface area contributed by atoms with Crippen molar-refractivity contribution in [2.75, 3.05) is 15.8 Å². The Balaban J connectivity index is 2.18. The van der Waals surface area contributed by atoms with Crippen LogP contribution in [0.15, 0.2) is 41.2 Å². The van der Waals surface area contributed by atoms with Crippen LogP contribution >= 0.6 is 34.2 Å². The number of carbonyl (C=O) groups excluding carboxylic acids is 1. The molecule has 0 bridgehead atoms. The molecule has 0 atom stereocenters. The van der Waals surface area contributed by atoms with Crippen LogP contribution in [0.25, 0.3) is 0 Å². The summed E-state index contributed by atoms with van der Waals surface area (Å²) in [5, 5.41) is 2.29. The Hall–Kier alpha value is -2.84. The lowest BCUT2D eigenvalue weighted by Crippen LogP contribution is -2.26. The Bertz CT molecular complexity index is 1490. The van der Waals surface area contributed by atoms with Gasteiger partial charge in [0.25, 0.3) is 11.5 Å². The van der Waals surface area contributed by atoms with Crippen LogP contribution in [0.3, 0.4) is 0 Å². The van der Waals surface area contributed by atoms with E-state index in [0.29, 0.717) is 9.13 Å². The van der Waals surface area contributed by atoms with E-state index in [1.54, 1.807) is 13.0 Å². The van der Waals surface area contributed by atoms with E-state index in [4.69, 9.17) is 22.1 Å². The molecule has 1 aromatic heterocycles. The number of primary amides is 1. The van der Waals surface area contributed by atoms with E-state index in [1.165, 1.54) is 44.3 Å². The predicted molar refractivity (Wildman–Crippen MR) is 142 cm³/mol. The lowest BCUT2D eigenvalue weighted by atomic mass is 10.1. The molecular weight excluding hydrogens is 614 g/mol. The number of rotatable bonds is 8. The molecule has 4 N–H and O–H groups in total. The molecule has 9 nitrogen and oxygen atoms in total. The molecule has 0 radical (unpaired) electrons. The number of nitrogens with two attached hydrogens (primary N) is 1. The van der Waals surface area contributed by atoms with Crippen LogP contribution < -0.4 is 26.1 Å². The van der Waals surface area contributed by atoms with Crippen molar-refractivity contribution in [3.05, 3.63) is 72.3 Å². The molecule has 0 saturated heterocycles. The van der Waals surface area contributed by atoms with Gasteiger partial charge in [0, 0.05) is 16.2 Å². The molecule has 0 aliphatic rings. The van der Waals surface area contributed by atoms with Gasteiger partial charge in [-0.25, -0.2) is 12.8 Å². The zero-order valence-corrected chi connectivity index (χ0v) is 22.5. The van der Waals surface area contributed by atoms with E-state index in [9.17, 15) is 22.4 Å². The first-order valence-corrected chi connectivity index (χ1v) is 13.2. The highest BCUT2D eigenvalue weighted by Crippen LogP contribution is 2.38. The third-order valence-electron chi connectivity index (χ3n) is 5.06. The molecule has 0 aliphatic carbocycles. The van der Waals surface area contributed by atoms with Crippen LogP contribution in [0.5, 0.6) is 11.5 Å². The highest BCUT2D eigenvalue weighted by molar-refractivity contribution is 14.1. The summed E-state index contributed by atoms with van der Waals surface area (Å²) in [5.41, 5.74) is 5.19. The maximum absolute atomic E-state index is 14.5. The first kappa shape index (κ1) is 26.8. The fourth-order valence-electron chi connectivity index (χ4n) is 3.11. The summed E-state index contributed by atoms with van der Waals surface area (Å²) in [6, 6.07) is 8.90. The number of nitrogens with zero attached hydrogens (tertiary/aromatic N) is 1. The quantitative estimate of drug-likeness (QED) is 0.313. The highest BCUT2D eigenvalue weighted by Gasteiger charge is 2.26. The van der Waals surface area contributed by atoms with Crippen molar-refractivity contribution in [3.8, 4) is 11.5 Å². The van der Waals surface area contributed by atoms with Gasteiger partial charge in [0.15, 0.2) is 5.75 Å². The lowest BCUT2D eigenvalue weighted by molar-refractivity contribution is 0.0998. The summed E-state index contributed by atoms with van der Waals surface area (Å²) in [6.07, 6.45) is 0. The standard InChI is InChI=1S/C22H21ClFIN4O5S/c1-4-35(32,33)28-14-6-5-7-16(11(14)2)34-19-17(20(26)30)21(29(3)22(31)18(19)23)27-15-9-8-12(25)10-13(15)24/h5-10,27-28H,4H2,1-3H3,(H2,26,30). The number of amides is 1. The van der Waals surface area contributed by atoms with Gasteiger partial charge in [-0.3, -0.25) is 18.9 Å². The summed E-state index contributed by atoms with van der Waals surface area (Å²) in [5.74, 6) is -2.13. The summed E-state index contributed by atoms with van der Waals surface area (Å²) >= 11 is 8.21. The van der Waals surface area contributed by atoms with Gasteiger partial charge < -0.3 is 15.8 Å². The second-order valence-electron chi connectivity index (χ2n) is 7.38. The fourth-order valence-corrected chi connectivity index (χ4v) is 4.52. The number of hydrogen-bond donors (Lipinski definition) is 3. The topological polar surface area (TPSA) is 133 Å². The molecule has 2 aromatic carbocycles. The number of aromatic nitrogens is 1. The molecule has 1 amide bonds. The van der Waals surface area contributed by atoms with E-state index >= 15 is 0 Å². The SMILES string of the molecule is CCS(=O)(=O)Nc1cccc(Oc2c(C(N)=O)c(Nc3ccc(I)cc3F)n(C)c(=O)c2Cl)c1C. The first-order valence-electron chi connectivity index (χ1n) is 10.1. The number of carbonyl (C=O) groups is 1. The zero-order valence-electron chi connectivity index (χ0n) is 18.8. The average molecular weight is 635 g/mol. The summed E-state index contributed by atoms with van der Waals surface area (Å²) in [6.45, 7) is 3.07. The van der Waals surface area contributed by atoms with Crippen LogP contribution in [0.1, 0.15) is 22.8 Å². The van der Waals surface area contributed by atoms with Crippen LogP contribution in [0.4, 0.5) is 21.6 Å². The number of halogens is 3. The van der Waals surface area contributed by atoms with Crippen molar-refractivity contribution in [2.24, 2.45) is 12.8 Å². The van der Waals surface area contributed by atoms with Crippen molar-refractivity contribution in [2.45, 2.75) is 13.8 Å². The van der Waals surface area contributed by atoms with Gasteiger partial charge in [0.05, 0.1) is 17.1 Å². The number of benzene rings is 2. The van der Waals surface area contributed by atoms with Crippen molar-refractivity contribution in [1.82, 2.24) is 4.57 Å². The van der Waals surface area contributed by atoms with Crippen molar-refractivity contribution in [3.63, 3.8) is 0 Å². The Morgan fingerprint density at radius 1 is 1.26 bits per heavy atom. The van der Waals surface area contributed by atoms with E-state index in [1.807, 2.05) is 22.6 Å². The zero-order chi connectivity index (χ0) is 26.1. The molecule has 35 heavy (non-hydrogen) atoms. The minimum absolute atomic E-state index is 0.0108. The third kappa shape index (κ3) is 5.70. The predicted octanol–water partition coefficient (Wildman–Crippen LogP) is 4.49. The van der Waals surface area contributed by atoms with Gasteiger partial charge in [-0.1, -0.05) is 17.7 Å². The monoisotopic (exact) mass is 634 g/mol. The number of ether oxygens (including phenoxy) is 1. The van der Waals surface area contributed by atoms with Gasteiger partial charge in [0.2, 0.25) is 10.0 Å². The minimum Gasteiger partial charge on any atom is -0.454 e. The molecule has 1 heterocycles. The van der Waals surface area contributed by atoms with Crippen LogP contribution in [-0.2, 0) is 17.1 Å². The van der Waals surface area contributed by atoms with E-state index in [2.05, 4.69) is 10.0 Å².